The lowest BCUT2D eigenvalue weighted by atomic mass is 9.57. The first kappa shape index (κ1) is 38.8. The molecule has 2 bridgehead atoms. The van der Waals surface area contributed by atoms with E-state index in [1.54, 1.807) is 6.92 Å². The van der Waals surface area contributed by atoms with E-state index in [0.29, 0.717) is 31.6 Å². The lowest BCUT2D eigenvalue weighted by Crippen LogP contribution is -2.58. The van der Waals surface area contributed by atoms with Crippen molar-refractivity contribution in [3.05, 3.63) is 0 Å². The van der Waals surface area contributed by atoms with Gasteiger partial charge in [-0.1, -0.05) is 85.0 Å². The van der Waals surface area contributed by atoms with Crippen molar-refractivity contribution in [1.82, 2.24) is 0 Å². The van der Waals surface area contributed by atoms with Crippen molar-refractivity contribution in [1.29, 1.82) is 0 Å². The summed E-state index contributed by atoms with van der Waals surface area (Å²) in [6.45, 7) is 15.1. The second-order valence-corrected chi connectivity index (χ2v) is 15.8. The molecular weight excluding hydrogens is 584 g/mol. The van der Waals surface area contributed by atoms with Gasteiger partial charge >= 0.3 is 17.9 Å². The number of hydrogen-bond donors (Lipinski definition) is 1. The lowest BCUT2D eigenvalue weighted by Gasteiger charge is -2.51. The minimum atomic E-state index is -1.39. The molecule has 2 aliphatic heterocycles. The van der Waals surface area contributed by atoms with Crippen molar-refractivity contribution in [3.63, 3.8) is 0 Å². The van der Waals surface area contributed by atoms with Crippen molar-refractivity contribution in [2.24, 2.45) is 23.7 Å². The molecule has 3 aliphatic rings. The number of hydrogen-bond acceptors (Lipinski definition) is 8. The molecule has 8 nitrogen and oxygen atoms in total. The molecule has 1 saturated carbocycles. The molecule has 0 amide bonds. The fraction of sp³-hybridized carbons (Fsp3) is 0.921. The van der Waals surface area contributed by atoms with Crippen LogP contribution in [0.25, 0.3) is 0 Å². The SMILES string of the molecule is CCCCCCCCCCCCCC(=O)O[C@@H]1CC[C@](C)(OC(C)=O)[C@@H]2O[C@H](C[C@@]1(C)O)[C@H]1[C@@H]2[C@H](C(C)C)CC[C@]1(C)OC(C)=O. The fourth-order valence-corrected chi connectivity index (χ4v) is 9.04. The summed E-state index contributed by atoms with van der Waals surface area (Å²) < 4.78 is 25.1. The second kappa shape index (κ2) is 17.1. The van der Waals surface area contributed by atoms with E-state index in [1.807, 2.05) is 13.8 Å². The predicted octanol–water partition coefficient (Wildman–Crippen LogP) is 8.24. The van der Waals surface area contributed by atoms with Gasteiger partial charge < -0.3 is 24.1 Å². The molecule has 46 heavy (non-hydrogen) atoms. The van der Waals surface area contributed by atoms with Gasteiger partial charge in [-0.3, -0.25) is 14.4 Å². The Hall–Kier alpha value is -1.67. The summed E-state index contributed by atoms with van der Waals surface area (Å²) in [6, 6.07) is 0. The van der Waals surface area contributed by atoms with Crippen LogP contribution >= 0.6 is 0 Å². The van der Waals surface area contributed by atoms with Crippen LogP contribution in [0.1, 0.15) is 165 Å². The zero-order valence-electron chi connectivity index (χ0n) is 30.4. The van der Waals surface area contributed by atoms with E-state index in [0.717, 1.165) is 25.7 Å². The predicted molar refractivity (Wildman–Crippen MR) is 179 cm³/mol. The molecule has 2 saturated heterocycles. The molecule has 3 rings (SSSR count). The highest BCUT2D eigenvalue weighted by molar-refractivity contribution is 5.69. The maximum atomic E-state index is 13.1. The first-order valence-electron chi connectivity index (χ1n) is 18.6. The molecule has 0 aromatic carbocycles. The van der Waals surface area contributed by atoms with Crippen LogP contribution in [0.4, 0.5) is 0 Å². The molecule has 0 aromatic rings. The van der Waals surface area contributed by atoms with E-state index < -0.39 is 41.1 Å². The molecule has 9 atom stereocenters. The van der Waals surface area contributed by atoms with Crippen LogP contribution in [0, 0.1) is 23.7 Å². The topological polar surface area (TPSA) is 108 Å². The van der Waals surface area contributed by atoms with E-state index in [1.165, 1.54) is 65.2 Å². The van der Waals surface area contributed by atoms with Crippen LogP contribution in [0.3, 0.4) is 0 Å². The number of carbonyl (C=O) groups excluding carboxylic acids is 3. The Balaban J connectivity index is 1.71. The van der Waals surface area contributed by atoms with Gasteiger partial charge in [0.05, 0.1) is 6.10 Å². The number of ether oxygens (including phenoxy) is 4. The Morgan fingerprint density at radius 2 is 1.33 bits per heavy atom. The summed E-state index contributed by atoms with van der Waals surface area (Å²) in [5.74, 6) is -0.695. The molecule has 0 aromatic heterocycles. The van der Waals surface area contributed by atoms with Gasteiger partial charge in [-0.25, -0.2) is 0 Å². The third-order valence-corrected chi connectivity index (χ3v) is 11.3. The lowest BCUT2D eigenvalue weighted by molar-refractivity contribution is -0.185. The third kappa shape index (κ3) is 10.2. The summed E-state index contributed by atoms with van der Waals surface area (Å²) in [4.78, 5) is 38.0. The second-order valence-electron chi connectivity index (χ2n) is 15.8. The van der Waals surface area contributed by atoms with Crippen LogP contribution in [0.5, 0.6) is 0 Å². The van der Waals surface area contributed by atoms with Crippen LogP contribution in [-0.2, 0) is 33.3 Å². The monoisotopic (exact) mass is 650 g/mol. The highest BCUT2D eigenvalue weighted by Crippen LogP contribution is 2.58. The van der Waals surface area contributed by atoms with Crippen molar-refractivity contribution in [2.45, 2.75) is 200 Å². The van der Waals surface area contributed by atoms with Gasteiger partial charge in [-0.2, -0.15) is 0 Å². The molecule has 0 radical (unpaired) electrons. The largest absolute Gasteiger partial charge is 0.459 e. The number of unbranched alkanes of at least 4 members (excludes halogenated alkanes) is 10. The Kier molecular flexibility index (Phi) is 14.4. The molecule has 266 valence electrons. The first-order valence-corrected chi connectivity index (χ1v) is 18.6. The fourth-order valence-electron chi connectivity index (χ4n) is 9.04. The quantitative estimate of drug-likeness (QED) is 0.101. The molecule has 0 unspecified atom stereocenters. The summed E-state index contributed by atoms with van der Waals surface area (Å²) in [6.07, 6.45) is 14.3. The van der Waals surface area contributed by atoms with Gasteiger partial charge in [-0.05, 0) is 64.7 Å². The van der Waals surface area contributed by atoms with Gasteiger partial charge in [0.15, 0.2) is 0 Å². The third-order valence-electron chi connectivity index (χ3n) is 11.3. The number of esters is 3. The summed E-state index contributed by atoms with van der Waals surface area (Å²) >= 11 is 0. The van der Waals surface area contributed by atoms with Crippen LogP contribution in [-0.4, -0.2) is 58.1 Å². The van der Waals surface area contributed by atoms with Gasteiger partial charge in [-0.15, -0.1) is 0 Å². The van der Waals surface area contributed by atoms with Gasteiger partial charge in [0.25, 0.3) is 0 Å². The molecule has 2 heterocycles. The highest BCUT2D eigenvalue weighted by atomic mass is 16.6. The van der Waals surface area contributed by atoms with E-state index in [2.05, 4.69) is 20.8 Å². The van der Waals surface area contributed by atoms with Crippen molar-refractivity contribution < 1.29 is 38.4 Å². The van der Waals surface area contributed by atoms with Crippen molar-refractivity contribution in [3.8, 4) is 0 Å². The standard InChI is InChI=1S/C38H66O8/c1-9-10-11-12-13-14-15-16-17-18-19-20-32(41)44-31-22-24-38(8,46-28(5)40)35-33-29(26(2)3)21-23-37(7,45-27(4)39)34(33)30(43-35)25-36(31,6)42/h26,29-31,33-35,42H,9-25H2,1-8H3/t29-,30+,31+,33-,34-,35+,36+,37-,38-/m0/s1. The number of aliphatic hydroxyl groups is 1. The minimum absolute atomic E-state index is 0.0385. The summed E-state index contributed by atoms with van der Waals surface area (Å²) in [5, 5.41) is 12.0. The van der Waals surface area contributed by atoms with E-state index >= 15 is 0 Å². The molecule has 8 heteroatoms. The molecule has 0 spiro atoms. The van der Waals surface area contributed by atoms with Crippen LogP contribution in [0.15, 0.2) is 0 Å². The van der Waals surface area contributed by atoms with Gasteiger partial charge in [0.1, 0.15) is 29.0 Å². The smallest absolute Gasteiger partial charge is 0.306 e. The maximum Gasteiger partial charge on any atom is 0.306 e. The number of carbonyl (C=O) groups is 3. The average molecular weight is 651 g/mol. The van der Waals surface area contributed by atoms with Crippen LogP contribution < -0.4 is 0 Å². The zero-order valence-corrected chi connectivity index (χ0v) is 30.4. The maximum absolute atomic E-state index is 13.1. The number of fused-ring (bicyclic) bond motifs is 5. The molecule has 1 aliphatic carbocycles. The minimum Gasteiger partial charge on any atom is -0.459 e. The molecule has 3 fully saturated rings. The Morgan fingerprint density at radius 3 is 1.87 bits per heavy atom. The van der Waals surface area contributed by atoms with E-state index in [9.17, 15) is 19.5 Å². The average Bonchev–Trinajstić information content (AvgIpc) is 3.34. The van der Waals surface area contributed by atoms with E-state index in [-0.39, 0.29) is 36.1 Å². The molecular formula is C38H66O8. The Labute approximate surface area is 279 Å². The highest BCUT2D eigenvalue weighted by Gasteiger charge is 2.65. The zero-order chi connectivity index (χ0) is 34.1. The summed E-state index contributed by atoms with van der Waals surface area (Å²) in [7, 11) is 0. The van der Waals surface area contributed by atoms with Crippen LogP contribution in [0.2, 0.25) is 0 Å². The van der Waals surface area contributed by atoms with Gasteiger partial charge in [0, 0.05) is 38.5 Å². The Morgan fingerprint density at radius 1 is 0.804 bits per heavy atom. The van der Waals surface area contributed by atoms with E-state index in [4.69, 9.17) is 18.9 Å². The number of rotatable bonds is 16. The summed E-state index contributed by atoms with van der Waals surface area (Å²) in [5.41, 5.74) is -3.19. The normalized spacial score (nSPS) is 35.9. The molecule has 1 N–H and O–H groups in total. The van der Waals surface area contributed by atoms with Gasteiger partial charge in [0.2, 0.25) is 0 Å². The van der Waals surface area contributed by atoms with Crippen molar-refractivity contribution in [2.75, 3.05) is 0 Å². The first-order chi connectivity index (χ1) is 21.6. The van der Waals surface area contributed by atoms with Crippen molar-refractivity contribution >= 4 is 17.9 Å². The Bertz CT molecular complexity index is 993.